The monoisotopic (exact) mass is 466 g/mol. The number of benzene rings is 2. The van der Waals surface area contributed by atoms with Gasteiger partial charge in [-0.15, -0.1) is 5.10 Å². The zero-order chi connectivity index (χ0) is 23.9. The van der Waals surface area contributed by atoms with Crippen molar-refractivity contribution in [1.29, 1.82) is 0 Å². The van der Waals surface area contributed by atoms with Crippen molar-refractivity contribution in [2.24, 2.45) is 0 Å². The maximum absolute atomic E-state index is 13.1. The van der Waals surface area contributed by atoms with Gasteiger partial charge in [-0.25, -0.2) is 0 Å². The lowest BCUT2D eigenvalue weighted by atomic mass is 10.1. The summed E-state index contributed by atoms with van der Waals surface area (Å²) >= 11 is 0. The van der Waals surface area contributed by atoms with E-state index >= 15 is 0 Å². The molecule has 2 aromatic carbocycles. The van der Waals surface area contributed by atoms with Gasteiger partial charge in [0.15, 0.2) is 0 Å². The van der Waals surface area contributed by atoms with Crippen LogP contribution in [0.25, 0.3) is 10.9 Å². The highest BCUT2D eigenvalue weighted by Crippen LogP contribution is 2.20. The summed E-state index contributed by atoms with van der Waals surface area (Å²) in [6.45, 7) is 1.96. The van der Waals surface area contributed by atoms with E-state index in [-0.39, 0.29) is 18.7 Å². The van der Waals surface area contributed by atoms with E-state index in [1.54, 1.807) is 30.3 Å². The number of anilines is 2. The molecule has 0 spiro atoms. The van der Waals surface area contributed by atoms with Crippen molar-refractivity contribution in [3.63, 3.8) is 0 Å². The molecule has 1 fully saturated rings. The molecule has 1 unspecified atom stereocenters. The van der Waals surface area contributed by atoms with Gasteiger partial charge in [0.2, 0.25) is 5.91 Å². The number of imide groups is 1. The molecule has 4 rings (SSSR count). The molecule has 3 aromatic rings. The van der Waals surface area contributed by atoms with Crippen LogP contribution in [0, 0.1) is 0 Å². The number of nitrogens with two attached hydrogens (primary N) is 1. The van der Waals surface area contributed by atoms with E-state index in [1.165, 1.54) is 0 Å². The summed E-state index contributed by atoms with van der Waals surface area (Å²) < 4.78 is 12.2. The van der Waals surface area contributed by atoms with E-state index in [1.807, 2.05) is 12.1 Å². The fraction of sp³-hybridized carbons (Fsp3) is 0.348. The van der Waals surface area contributed by atoms with Crippen LogP contribution in [0.3, 0.4) is 0 Å². The van der Waals surface area contributed by atoms with Crippen molar-refractivity contribution < 1.29 is 19.1 Å². The number of nitrogen functional groups attached to an aromatic ring is 1. The lowest BCUT2D eigenvalue weighted by molar-refractivity contribution is -0.136. The predicted octanol–water partition coefficient (Wildman–Crippen LogP) is 1.25. The Morgan fingerprint density at radius 3 is 2.71 bits per heavy atom. The highest BCUT2D eigenvalue weighted by atomic mass is 16.5. The fourth-order valence-corrected chi connectivity index (χ4v) is 3.65. The SMILES string of the molecule is Nc1ccc(OCCOCCCNc2cccc3nnn(C4CCC(=O)NC4=O)c(=O)c23)cc1. The summed E-state index contributed by atoms with van der Waals surface area (Å²) in [5.74, 6) is -0.166. The third kappa shape index (κ3) is 5.49. The second-order valence-electron chi connectivity index (χ2n) is 7.82. The zero-order valence-corrected chi connectivity index (χ0v) is 18.5. The van der Waals surface area contributed by atoms with Gasteiger partial charge < -0.3 is 20.5 Å². The number of ether oxygens (including phenoxy) is 2. The summed E-state index contributed by atoms with van der Waals surface area (Å²) in [7, 11) is 0. The van der Waals surface area contributed by atoms with Crippen LogP contribution < -0.4 is 26.7 Å². The van der Waals surface area contributed by atoms with E-state index in [9.17, 15) is 14.4 Å². The molecule has 0 radical (unpaired) electrons. The highest BCUT2D eigenvalue weighted by Gasteiger charge is 2.30. The molecule has 1 saturated heterocycles. The van der Waals surface area contributed by atoms with Crippen molar-refractivity contribution in [3.05, 3.63) is 52.8 Å². The van der Waals surface area contributed by atoms with Crippen LogP contribution in [-0.2, 0) is 14.3 Å². The van der Waals surface area contributed by atoms with E-state index in [2.05, 4.69) is 20.9 Å². The van der Waals surface area contributed by atoms with Crippen LogP contribution in [0.4, 0.5) is 11.4 Å². The van der Waals surface area contributed by atoms with Gasteiger partial charge in [-0.2, -0.15) is 4.68 Å². The van der Waals surface area contributed by atoms with Crippen LogP contribution >= 0.6 is 0 Å². The minimum absolute atomic E-state index is 0.146. The predicted molar refractivity (Wildman–Crippen MR) is 125 cm³/mol. The number of aromatic nitrogens is 3. The normalized spacial score (nSPS) is 15.8. The quantitative estimate of drug-likeness (QED) is 0.228. The van der Waals surface area contributed by atoms with Crippen molar-refractivity contribution >= 4 is 34.1 Å². The molecule has 2 heterocycles. The van der Waals surface area contributed by atoms with Gasteiger partial charge in [-0.3, -0.25) is 19.7 Å². The number of hydrogen-bond donors (Lipinski definition) is 3. The summed E-state index contributed by atoms with van der Waals surface area (Å²) in [6, 6.07) is 11.6. The first kappa shape index (κ1) is 23.2. The Hall–Kier alpha value is -3.99. The standard InChI is InChI=1S/C23H26N6O5/c24-15-5-7-16(8-6-15)34-14-13-33-12-2-11-25-17-3-1-4-18-21(17)23(32)29(28-27-18)19-9-10-20(30)26-22(19)31/h1,3-8,19,25H,2,9-14,24H2,(H,26,30,31). The summed E-state index contributed by atoms with van der Waals surface area (Å²) in [4.78, 5) is 36.7. The molecule has 0 bridgehead atoms. The molecule has 1 aliphatic rings. The largest absolute Gasteiger partial charge is 0.491 e. The number of fused-ring (bicyclic) bond motifs is 1. The molecule has 178 valence electrons. The van der Waals surface area contributed by atoms with Gasteiger partial charge in [-0.1, -0.05) is 11.3 Å². The number of carbonyl (C=O) groups is 2. The average Bonchev–Trinajstić information content (AvgIpc) is 2.83. The number of nitrogens with zero attached hydrogens (tertiary/aromatic N) is 3. The van der Waals surface area contributed by atoms with Crippen LogP contribution in [0.15, 0.2) is 47.3 Å². The zero-order valence-electron chi connectivity index (χ0n) is 18.5. The molecule has 34 heavy (non-hydrogen) atoms. The molecule has 0 aliphatic carbocycles. The summed E-state index contributed by atoms with van der Waals surface area (Å²) in [6.07, 6.45) is 1.06. The molecule has 11 nitrogen and oxygen atoms in total. The number of hydrogen-bond acceptors (Lipinski definition) is 9. The molecular formula is C23H26N6O5. The molecule has 1 aromatic heterocycles. The van der Waals surface area contributed by atoms with Crippen molar-refractivity contribution in [2.75, 3.05) is 37.4 Å². The third-order valence-corrected chi connectivity index (χ3v) is 5.38. The van der Waals surface area contributed by atoms with Gasteiger partial charge in [-0.05, 0) is 49.2 Å². The van der Waals surface area contributed by atoms with Gasteiger partial charge in [0.25, 0.3) is 11.5 Å². The number of carbonyl (C=O) groups excluding carboxylic acids is 2. The molecule has 2 amide bonds. The first-order chi connectivity index (χ1) is 16.5. The summed E-state index contributed by atoms with van der Waals surface area (Å²) in [5, 5.41) is 13.9. The number of rotatable bonds is 10. The first-order valence-corrected chi connectivity index (χ1v) is 11.0. The Balaban J connectivity index is 1.30. The van der Waals surface area contributed by atoms with E-state index in [0.717, 1.165) is 10.4 Å². The van der Waals surface area contributed by atoms with Gasteiger partial charge in [0.1, 0.15) is 23.9 Å². The Morgan fingerprint density at radius 1 is 1.09 bits per heavy atom. The van der Waals surface area contributed by atoms with E-state index in [0.29, 0.717) is 55.1 Å². The van der Waals surface area contributed by atoms with E-state index in [4.69, 9.17) is 15.2 Å². The van der Waals surface area contributed by atoms with E-state index < -0.39 is 17.5 Å². The number of nitrogens with one attached hydrogen (secondary N) is 2. The second kappa shape index (κ2) is 10.8. The topological polar surface area (TPSA) is 150 Å². The number of amides is 2. The average molecular weight is 466 g/mol. The molecule has 0 saturated carbocycles. The van der Waals surface area contributed by atoms with Gasteiger partial charge >= 0.3 is 0 Å². The van der Waals surface area contributed by atoms with Crippen molar-refractivity contribution in [1.82, 2.24) is 20.3 Å². The Bertz CT molecular complexity index is 1230. The number of piperidine rings is 1. The lowest BCUT2D eigenvalue weighted by Gasteiger charge is -2.21. The van der Waals surface area contributed by atoms with Crippen LogP contribution in [0.5, 0.6) is 5.75 Å². The Kier molecular flexibility index (Phi) is 7.33. The first-order valence-electron chi connectivity index (χ1n) is 11.0. The van der Waals surface area contributed by atoms with Crippen LogP contribution in [-0.4, -0.2) is 53.2 Å². The highest BCUT2D eigenvalue weighted by molar-refractivity contribution is 5.99. The van der Waals surface area contributed by atoms with Crippen molar-refractivity contribution in [3.8, 4) is 5.75 Å². The third-order valence-electron chi connectivity index (χ3n) is 5.38. The smallest absolute Gasteiger partial charge is 0.280 e. The fourth-order valence-electron chi connectivity index (χ4n) is 3.65. The Morgan fingerprint density at radius 2 is 1.91 bits per heavy atom. The molecule has 1 aliphatic heterocycles. The van der Waals surface area contributed by atoms with Crippen LogP contribution in [0.1, 0.15) is 25.3 Å². The minimum Gasteiger partial charge on any atom is -0.491 e. The molecule has 4 N–H and O–H groups in total. The second-order valence-corrected chi connectivity index (χ2v) is 7.82. The maximum Gasteiger partial charge on any atom is 0.280 e. The van der Waals surface area contributed by atoms with Crippen molar-refractivity contribution in [2.45, 2.75) is 25.3 Å². The van der Waals surface area contributed by atoms with Gasteiger partial charge in [0.05, 0.1) is 12.0 Å². The van der Waals surface area contributed by atoms with Gasteiger partial charge in [0, 0.05) is 30.9 Å². The molecular weight excluding hydrogens is 440 g/mol. The maximum atomic E-state index is 13.1. The molecule has 1 atom stereocenters. The summed E-state index contributed by atoms with van der Waals surface area (Å²) in [5.41, 5.74) is 6.92. The Labute approximate surface area is 195 Å². The lowest BCUT2D eigenvalue weighted by Crippen LogP contribution is -2.45. The minimum atomic E-state index is -0.862. The van der Waals surface area contributed by atoms with Crippen LogP contribution in [0.2, 0.25) is 0 Å². The molecule has 11 heteroatoms.